The lowest BCUT2D eigenvalue weighted by Gasteiger charge is -2.29. The van der Waals surface area contributed by atoms with Crippen molar-refractivity contribution in [2.24, 2.45) is 11.7 Å². The van der Waals surface area contributed by atoms with Gasteiger partial charge in [-0.2, -0.15) is 0 Å². The first-order valence-corrected chi connectivity index (χ1v) is 12.6. The van der Waals surface area contributed by atoms with Gasteiger partial charge in [-0.05, 0) is 36.6 Å². The van der Waals surface area contributed by atoms with Crippen LogP contribution in [0.25, 0.3) is 0 Å². The molecule has 3 unspecified atom stereocenters. The monoisotopic (exact) mass is 497 g/mol. The minimum absolute atomic E-state index is 0.0228. The van der Waals surface area contributed by atoms with Crippen molar-refractivity contribution in [2.75, 3.05) is 39.5 Å². The van der Waals surface area contributed by atoms with Crippen molar-refractivity contribution in [3.63, 3.8) is 0 Å². The maximum Gasteiger partial charge on any atom is 0.308 e. The van der Waals surface area contributed by atoms with E-state index in [9.17, 15) is 14.7 Å². The second kappa shape index (κ2) is 12.1. The standard InChI is InChI=1S/C26H35N5O5/c1-2-3-12-30(13-9-27)24(32)16-31-15-19(18-5-7-21-22(14-18)36-17-35-21)25(26(33)34)20(31)6-8-23-28-10-4-11-29-23/h4-5,7,10-11,14,19-20,25H,2-3,6,8-9,12-13,15-17,27H2,1H3,(H,33,34). The second-order valence-corrected chi connectivity index (χ2v) is 9.31. The number of unbranched alkanes of at least 4 members (excludes halogenated alkanes) is 1. The summed E-state index contributed by atoms with van der Waals surface area (Å²) in [4.78, 5) is 38.4. The first-order chi connectivity index (χ1) is 17.5. The van der Waals surface area contributed by atoms with Crippen molar-refractivity contribution in [1.29, 1.82) is 0 Å². The SMILES string of the molecule is CCCCN(CCN)C(=O)CN1CC(c2ccc3c(c2)OCO3)C(C(=O)O)C1CCc1ncccn1. The summed E-state index contributed by atoms with van der Waals surface area (Å²) in [6, 6.07) is 7.00. The number of fused-ring (bicyclic) bond motifs is 1. The quantitative estimate of drug-likeness (QED) is 0.451. The molecule has 3 atom stereocenters. The van der Waals surface area contributed by atoms with E-state index in [-0.39, 0.29) is 31.2 Å². The average Bonchev–Trinajstić information content (AvgIpc) is 3.50. The van der Waals surface area contributed by atoms with Crippen LogP contribution in [0.1, 0.15) is 43.5 Å². The van der Waals surface area contributed by atoms with Gasteiger partial charge in [-0.25, -0.2) is 9.97 Å². The predicted octanol–water partition coefficient (Wildman–Crippen LogP) is 1.89. The van der Waals surface area contributed by atoms with Crippen LogP contribution in [-0.4, -0.2) is 82.3 Å². The summed E-state index contributed by atoms with van der Waals surface area (Å²) < 4.78 is 11.0. The molecule has 2 aromatic rings. The molecule has 10 heteroatoms. The molecule has 3 heterocycles. The summed E-state index contributed by atoms with van der Waals surface area (Å²) in [5.41, 5.74) is 6.64. The van der Waals surface area contributed by atoms with Gasteiger partial charge in [0.2, 0.25) is 12.7 Å². The molecule has 36 heavy (non-hydrogen) atoms. The number of carbonyl (C=O) groups excluding carboxylic acids is 1. The molecule has 1 saturated heterocycles. The van der Waals surface area contributed by atoms with Gasteiger partial charge in [0.15, 0.2) is 11.5 Å². The van der Waals surface area contributed by atoms with Crippen molar-refractivity contribution >= 4 is 11.9 Å². The molecule has 0 spiro atoms. The molecule has 1 aromatic carbocycles. The molecule has 1 fully saturated rings. The number of aromatic nitrogens is 2. The number of carboxylic acid groups (broad SMARTS) is 1. The first kappa shape index (κ1) is 25.8. The number of benzene rings is 1. The van der Waals surface area contributed by atoms with Gasteiger partial charge in [-0.15, -0.1) is 0 Å². The average molecular weight is 498 g/mol. The zero-order valence-corrected chi connectivity index (χ0v) is 20.7. The van der Waals surface area contributed by atoms with Gasteiger partial charge in [0.25, 0.3) is 0 Å². The molecule has 10 nitrogen and oxygen atoms in total. The number of nitrogens with zero attached hydrogens (tertiary/aromatic N) is 4. The van der Waals surface area contributed by atoms with Crippen LogP contribution >= 0.6 is 0 Å². The molecule has 2 aliphatic heterocycles. The number of aryl methyl sites for hydroxylation is 1. The summed E-state index contributed by atoms with van der Waals surface area (Å²) >= 11 is 0. The molecular formula is C26H35N5O5. The molecule has 1 aromatic heterocycles. The van der Waals surface area contributed by atoms with Gasteiger partial charge in [-0.3, -0.25) is 14.5 Å². The number of likely N-dealkylation sites (tertiary alicyclic amines) is 1. The van der Waals surface area contributed by atoms with Gasteiger partial charge in [-0.1, -0.05) is 19.4 Å². The summed E-state index contributed by atoms with van der Waals surface area (Å²) in [7, 11) is 0. The number of rotatable bonds is 12. The van der Waals surface area contributed by atoms with Gasteiger partial charge in [0.05, 0.1) is 12.5 Å². The molecule has 0 aliphatic carbocycles. The van der Waals surface area contributed by atoms with E-state index < -0.39 is 11.9 Å². The van der Waals surface area contributed by atoms with E-state index in [0.717, 1.165) is 18.4 Å². The Balaban J connectivity index is 1.59. The topological polar surface area (TPSA) is 131 Å². The van der Waals surface area contributed by atoms with E-state index in [2.05, 4.69) is 16.9 Å². The third-order valence-corrected chi connectivity index (χ3v) is 7.01. The van der Waals surface area contributed by atoms with Crippen LogP contribution < -0.4 is 15.2 Å². The number of carbonyl (C=O) groups is 2. The third kappa shape index (κ3) is 5.93. The van der Waals surface area contributed by atoms with Crippen LogP contribution in [0.3, 0.4) is 0 Å². The first-order valence-electron chi connectivity index (χ1n) is 12.6. The summed E-state index contributed by atoms with van der Waals surface area (Å²) in [5, 5.41) is 10.3. The molecular weight excluding hydrogens is 462 g/mol. The van der Waals surface area contributed by atoms with Gasteiger partial charge in [0, 0.05) is 57.0 Å². The fraction of sp³-hybridized carbons (Fsp3) is 0.538. The van der Waals surface area contributed by atoms with Gasteiger partial charge >= 0.3 is 5.97 Å². The highest BCUT2D eigenvalue weighted by Crippen LogP contribution is 2.42. The molecule has 1 amide bonds. The maximum atomic E-state index is 13.3. The molecule has 3 N–H and O–H groups in total. The van der Waals surface area contributed by atoms with Gasteiger partial charge in [0.1, 0.15) is 5.82 Å². The molecule has 2 aliphatic rings. The maximum absolute atomic E-state index is 13.3. The lowest BCUT2D eigenvalue weighted by atomic mass is 9.83. The van der Waals surface area contributed by atoms with E-state index in [0.29, 0.717) is 56.3 Å². The minimum Gasteiger partial charge on any atom is -0.481 e. The fourth-order valence-corrected chi connectivity index (χ4v) is 5.21. The number of carboxylic acids is 1. The third-order valence-electron chi connectivity index (χ3n) is 7.01. The van der Waals surface area contributed by atoms with E-state index in [4.69, 9.17) is 15.2 Å². The van der Waals surface area contributed by atoms with Crippen molar-refractivity contribution in [3.8, 4) is 11.5 Å². The predicted molar refractivity (Wildman–Crippen MR) is 133 cm³/mol. The summed E-state index contributed by atoms with van der Waals surface area (Å²) in [5.74, 6) is 0.0373. The highest BCUT2D eigenvalue weighted by Gasteiger charge is 2.47. The van der Waals surface area contributed by atoms with Crippen LogP contribution in [0.5, 0.6) is 11.5 Å². The fourth-order valence-electron chi connectivity index (χ4n) is 5.21. The Bertz CT molecular complexity index is 1040. The molecule has 0 saturated carbocycles. The molecule has 0 radical (unpaired) electrons. The normalized spacial score (nSPS) is 21.0. The van der Waals surface area contributed by atoms with Crippen molar-refractivity contribution in [1.82, 2.24) is 19.8 Å². The van der Waals surface area contributed by atoms with Crippen LogP contribution in [0, 0.1) is 5.92 Å². The largest absolute Gasteiger partial charge is 0.481 e. The highest BCUT2D eigenvalue weighted by atomic mass is 16.7. The molecule has 4 rings (SSSR count). The van der Waals surface area contributed by atoms with Gasteiger partial charge < -0.3 is 25.2 Å². The van der Waals surface area contributed by atoms with E-state index in [1.54, 1.807) is 23.4 Å². The second-order valence-electron chi connectivity index (χ2n) is 9.31. The zero-order chi connectivity index (χ0) is 25.5. The van der Waals surface area contributed by atoms with Crippen molar-refractivity contribution in [2.45, 2.75) is 44.6 Å². The van der Waals surface area contributed by atoms with Crippen LogP contribution in [0.4, 0.5) is 0 Å². The van der Waals surface area contributed by atoms with E-state index in [1.807, 2.05) is 23.1 Å². The van der Waals surface area contributed by atoms with Crippen molar-refractivity contribution < 1.29 is 24.2 Å². The number of nitrogens with two attached hydrogens (primary N) is 1. The highest BCUT2D eigenvalue weighted by molar-refractivity contribution is 5.79. The Morgan fingerprint density at radius 3 is 2.69 bits per heavy atom. The Morgan fingerprint density at radius 2 is 1.97 bits per heavy atom. The molecule has 194 valence electrons. The minimum atomic E-state index is -0.878. The number of aliphatic carboxylic acids is 1. The number of ether oxygens (including phenoxy) is 2. The van der Waals surface area contributed by atoms with Crippen LogP contribution in [-0.2, 0) is 16.0 Å². The molecule has 0 bridgehead atoms. The smallest absolute Gasteiger partial charge is 0.308 e. The number of hydrogen-bond acceptors (Lipinski definition) is 8. The summed E-state index contributed by atoms with van der Waals surface area (Å²) in [6.07, 6.45) is 6.29. The zero-order valence-electron chi connectivity index (χ0n) is 20.7. The summed E-state index contributed by atoms with van der Waals surface area (Å²) in [6.45, 7) is 4.37. The van der Waals surface area contributed by atoms with Crippen molar-refractivity contribution in [3.05, 3.63) is 48.0 Å². The lowest BCUT2D eigenvalue weighted by molar-refractivity contribution is -0.143. The van der Waals surface area contributed by atoms with E-state index in [1.165, 1.54) is 0 Å². The Hall–Kier alpha value is -3.24. The Morgan fingerprint density at radius 1 is 1.19 bits per heavy atom. The number of hydrogen-bond donors (Lipinski definition) is 2. The number of amides is 1. The Labute approximate surface area is 211 Å². The lowest BCUT2D eigenvalue weighted by Crippen LogP contribution is -2.45. The van der Waals surface area contributed by atoms with Crippen LogP contribution in [0.2, 0.25) is 0 Å². The van der Waals surface area contributed by atoms with E-state index >= 15 is 0 Å². The Kier molecular flexibility index (Phi) is 8.71. The van der Waals surface area contributed by atoms with Crippen LogP contribution in [0.15, 0.2) is 36.7 Å².